The second-order valence-corrected chi connectivity index (χ2v) is 4.33. The Morgan fingerprint density at radius 2 is 2.11 bits per heavy atom. The normalized spacial score (nSPS) is 10.3. The summed E-state index contributed by atoms with van der Waals surface area (Å²) in [6.45, 7) is 1.76. The topological polar surface area (TPSA) is 72.0 Å². The number of nitrogens with zero attached hydrogens (tertiary/aromatic N) is 1. The predicted molar refractivity (Wildman–Crippen MR) is 71.5 cm³/mol. The van der Waals surface area contributed by atoms with Gasteiger partial charge in [0.2, 0.25) is 5.88 Å². The number of rotatable bonds is 3. The first-order valence-electron chi connectivity index (χ1n) is 5.41. The lowest BCUT2D eigenvalue weighted by atomic mass is 10.2. The molecule has 2 rings (SSSR count). The Kier molecular flexibility index (Phi) is 3.66. The number of nitrogen functional groups attached to an aromatic ring is 1. The molecule has 0 radical (unpaired) electrons. The number of amidine groups is 1. The van der Waals surface area contributed by atoms with Crippen LogP contribution in [-0.2, 0) is 0 Å². The molecule has 0 fully saturated rings. The molecule has 19 heavy (non-hydrogen) atoms. The number of hydrogen-bond donors (Lipinski definition) is 2. The van der Waals surface area contributed by atoms with E-state index in [1.54, 1.807) is 13.0 Å². The molecule has 6 heteroatoms. The first-order chi connectivity index (χ1) is 8.95. The van der Waals surface area contributed by atoms with E-state index < -0.39 is 5.82 Å². The number of nitrogens with one attached hydrogen (secondary N) is 1. The zero-order valence-corrected chi connectivity index (χ0v) is 10.8. The van der Waals surface area contributed by atoms with Crippen LogP contribution in [0, 0.1) is 18.2 Å². The van der Waals surface area contributed by atoms with Gasteiger partial charge in [-0.25, -0.2) is 9.37 Å². The van der Waals surface area contributed by atoms with Gasteiger partial charge in [-0.1, -0.05) is 11.6 Å². The summed E-state index contributed by atoms with van der Waals surface area (Å²) >= 11 is 5.66. The minimum Gasteiger partial charge on any atom is -0.439 e. The Hall–Kier alpha value is -2.14. The van der Waals surface area contributed by atoms with Crippen molar-refractivity contribution < 1.29 is 9.13 Å². The van der Waals surface area contributed by atoms with Gasteiger partial charge in [-0.2, -0.15) is 0 Å². The minimum atomic E-state index is -0.518. The molecule has 4 nitrogen and oxygen atoms in total. The summed E-state index contributed by atoms with van der Waals surface area (Å²) < 4.78 is 18.5. The lowest BCUT2D eigenvalue weighted by Gasteiger charge is -2.08. The Balaban J connectivity index is 2.32. The average molecular weight is 280 g/mol. The maximum Gasteiger partial charge on any atom is 0.220 e. The standard InChI is InChI=1S/C13H11ClFN3O/c1-7-4-8(13(16)17)5-12(18-7)19-9-2-3-11(15)10(14)6-9/h2-6H,1H3,(H3,16,17). The number of ether oxygens (including phenoxy) is 1. The van der Waals surface area contributed by atoms with Crippen molar-refractivity contribution in [3.63, 3.8) is 0 Å². The molecular formula is C13H11ClFN3O. The van der Waals surface area contributed by atoms with Crippen LogP contribution in [-0.4, -0.2) is 10.8 Å². The summed E-state index contributed by atoms with van der Waals surface area (Å²) in [5.74, 6) is 0.0370. The molecule has 0 aliphatic rings. The van der Waals surface area contributed by atoms with Crippen molar-refractivity contribution in [1.29, 1.82) is 5.41 Å². The fourth-order valence-electron chi connectivity index (χ4n) is 1.51. The molecule has 0 spiro atoms. The molecule has 2 aromatic rings. The smallest absolute Gasteiger partial charge is 0.220 e. The van der Waals surface area contributed by atoms with Gasteiger partial charge in [0.15, 0.2) is 0 Å². The molecule has 0 bridgehead atoms. The number of aryl methyl sites for hydroxylation is 1. The fourth-order valence-corrected chi connectivity index (χ4v) is 1.68. The highest BCUT2D eigenvalue weighted by molar-refractivity contribution is 6.30. The van der Waals surface area contributed by atoms with Crippen LogP contribution in [0.25, 0.3) is 0 Å². The molecule has 0 unspecified atom stereocenters. The Morgan fingerprint density at radius 3 is 2.74 bits per heavy atom. The average Bonchev–Trinajstić information content (AvgIpc) is 2.33. The van der Waals surface area contributed by atoms with Crippen molar-refractivity contribution in [3.8, 4) is 11.6 Å². The van der Waals surface area contributed by atoms with Gasteiger partial charge >= 0.3 is 0 Å². The lowest BCUT2D eigenvalue weighted by molar-refractivity contribution is 0.460. The highest BCUT2D eigenvalue weighted by atomic mass is 35.5. The summed E-state index contributed by atoms with van der Waals surface area (Å²) in [5, 5.41) is 7.36. The van der Waals surface area contributed by atoms with E-state index in [4.69, 9.17) is 27.5 Å². The van der Waals surface area contributed by atoms with Gasteiger partial charge in [0.1, 0.15) is 17.4 Å². The molecule has 1 heterocycles. The maximum atomic E-state index is 13.0. The monoisotopic (exact) mass is 279 g/mol. The van der Waals surface area contributed by atoms with Gasteiger partial charge in [0.25, 0.3) is 0 Å². The summed E-state index contributed by atoms with van der Waals surface area (Å²) in [5.41, 5.74) is 6.59. The van der Waals surface area contributed by atoms with Crippen LogP contribution in [0.1, 0.15) is 11.3 Å². The number of pyridine rings is 1. The van der Waals surface area contributed by atoms with Gasteiger partial charge in [-0.15, -0.1) is 0 Å². The summed E-state index contributed by atoms with van der Waals surface area (Å²) in [6, 6.07) is 7.21. The summed E-state index contributed by atoms with van der Waals surface area (Å²) in [4.78, 5) is 4.15. The molecule has 3 N–H and O–H groups in total. The number of nitrogens with two attached hydrogens (primary N) is 1. The molecule has 0 amide bonds. The maximum absolute atomic E-state index is 13.0. The molecule has 0 aliphatic heterocycles. The molecule has 0 saturated heterocycles. The third-order valence-electron chi connectivity index (χ3n) is 2.35. The van der Waals surface area contributed by atoms with Crippen LogP contribution in [0.5, 0.6) is 11.6 Å². The van der Waals surface area contributed by atoms with Crippen molar-refractivity contribution in [2.45, 2.75) is 6.92 Å². The van der Waals surface area contributed by atoms with Gasteiger partial charge in [0.05, 0.1) is 5.02 Å². The van der Waals surface area contributed by atoms with Crippen LogP contribution in [0.4, 0.5) is 4.39 Å². The quantitative estimate of drug-likeness (QED) is 0.669. The van der Waals surface area contributed by atoms with E-state index in [0.717, 1.165) is 0 Å². The van der Waals surface area contributed by atoms with E-state index in [2.05, 4.69) is 4.98 Å². The molecule has 98 valence electrons. The molecule has 0 atom stereocenters. The highest BCUT2D eigenvalue weighted by Crippen LogP contribution is 2.25. The Morgan fingerprint density at radius 1 is 1.37 bits per heavy atom. The molecule has 0 aliphatic carbocycles. The van der Waals surface area contributed by atoms with Crippen LogP contribution >= 0.6 is 11.6 Å². The third kappa shape index (κ3) is 3.20. The Labute approximate surface area is 114 Å². The van der Waals surface area contributed by atoms with E-state index in [1.807, 2.05) is 0 Å². The number of aromatic nitrogens is 1. The minimum absolute atomic E-state index is 0.0306. The number of halogens is 2. The third-order valence-corrected chi connectivity index (χ3v) is 2.64. The Bertz CT molecular complexity index is 646. The van der Waals surface area contributed by atoms with Crippen LogP contribution in [0.2, 0.25) is 5.02 Å². The van der Waals surface area contributed by atoms with Gasteiger partial charge in [-0.3, -0.25) is 5.41 Å². The van der Waals surface area contributed by atoms with E-state index in [9.17, 15) is 4.39 Å². The van der Waals surface area contributed by atoms with Crippen LogP contribution in [0.3, 0.4) is 0 Å². The first-order valence-corrected chi connectivity index (χ1v) is 5.79. The van der Waals surface area contributed by atoms with Crippen molar-refractivity contribution in [2.24, 2.45) is 5.73 Å². The largest absolute Gasteiger partial charge is 0.439 e. The van der Waals surface area contributed by atoms with E-state index >= 15 is 0 Å². The number of benzene rings is 1. The zero-order chi connectivity index (χ0) is 14.0. The predicted octanol–water partition coefficient (Wildman–Crippen LogP) is 3.26. The SMILES string of the molecule is Cc1cc(C(=N)N)cc(Oc2ccc(F)c(Cl)c2)n1. The van der Waals surface area contributed by atoms with Crippen LogP contribution < -0.4 is 10.5 Å². The van der Waals surface area contributed by atoms with Gasteiger partial charge in [0, 0.05) is 23.4 Å². The van der Waals surface area contributed by atoms with Crippen molar-refractivity contribution in [2.75, 3.05) is 0 Å². The molecular weight excluding hydrogens is 269 g/mol. The van der Waals surface area contributed by atoms with Crippen molar-refractivity contribution >= 4 is 17.4 Å². The second kappa shape index (κ2) is 5.24. The van der Waals surface area contributed by atoms with Crippen molar-refractivity contribution in [3.05, 3.63) is 52.4 Å². The van der Waals surface area contributed by atoms with E-state index in [1.165, 1.54) is 24.3 Å². The highest BCUT2D eigenvalue weighted by Gasteiger charge is 2.07. The number of hydrogen-bond acceptors (Lipinski definition) is 3. The molecule has 1 aromatic heterocycles. The first kappa shape index (κ1) is 13.3. The fraction of sp³-hybridized carbons (Fsp3) is 0.0769. The van der Waals surface area contributed by atoms with E-state index in [-0.39, 0.29) is 16.7 Å². The second-order valence-electron chi connectivity index (χ2n) is 3.93. The summed E-state index contributed by atoms with van der Waals surface area (Å²) in [6.07, 6.45) is 0. The van der Waals surface area contributed by atoms with Crippen molar-refractivity contribution in [1.82, 2.24) is 4.98 Å². The molecule has 0 saturated carbocycles. The van der Waals surface area contributed by atoms with E-state index in [0.29, 0.717) is 17.0 Å². The van der Waals surface area contributed by atoms with Crippen LogP contribution in [0.15, 0.2) is 30.3 Å². The summed E-state index contributed by atoms with van der Waals surface area (Å²) in [7, 11) is 0. The van der Waals surface area contributed by atoms with Gasteiger partial charge < -0.3 is 10.5 Å². The van der Waals surface area contributed by atoms with Gasteiger partial charge in [-0.05, 0) is 25.1 Å². The molecule has 1 aromatic carbocycles. The lowest BCUT2D eigenvalue weighted by Crippen LogP contribution is -2.11. The zero-order valence-electron chi connectivity index (χ0n) is 10.1.